The van der Waals surface area contributed by atoms with Crippen molar-refractivity contribution in [1.82, 2.24) is 5.43 Å². The van der Waals surface area contributed by atoms with Crippen molar-refractivity contribution < 1.29 is 22.4 Å². The molecule has 0 bridgehead atoms. The number of benzene rings is 1. The maximum absolute atomic E-state index is 12.7. The Morgan fingerprint density at radius 1 is 1.25 bits per heavy atom. The lowest BCUT2D eigenvalue weighted by atomic mass is 10.1. The molecule has 0 unspecified atom stereocenters. The second kappa shape index (κ2) is 5.29. The summed E-state index contributed by atoms with van der Waals surface area (Å²) in [7, 11) is 0. The van der Waals surface area contributed by atoms with Gasteiger partial charge in [0.05, 0.1) is 5.56 Å². The van der Waals surface area contributed by atoms with Crippen molar-refractivity contribution >= 4 is 21.8 Å². The molecule has 0 aliphatic rings. The molecular weight excluding hydrogens is 341 g/mol. The summed E-state index contributed by atoms with van der Waals surface area (Å²) in [5.74, 6) is 4.31. The molecule has 20 heavy (non-hydrogen) atoms. The van der Waals surface area contributed by atoms with E-state index < -0.39 is 17.6 Å². The minimum atomic E-state index is -4.46. The molecule has 4 nitrogen and oxygen atoms in total. The van der Waals surface area contributed by atoms with Gasteiger partial charge in [0, 0.05) is 10.0 Å². The Morgan fingerprint density at radius 2 is 1.95 bits per heavy atom. The van der Waals surface area contributed by atoms with Gasteiger partial charge in [0.2, 0.25) is 0 Å². The second-order valence-electron chi connectivity index (χ2n) is 3.83. The molecule has 1 heterocycles. The number of nitrogens with one attached hydrogen (secondary N) is 1. The van der Waals surface area contributed by atoms with Gasteiger partial charge in [-0.1, -0.05) is 15.9 Å². The minimum Gasteiger partial charge on any atom is -0.451 e. The number of furan rings is 1. The van der Waals surface area contributed by atoms with E-state index in [9.17, 15) is 18.0 Å². The van der Waals surface area contributed by atoms with Gasteiger partial charge in [-0.25, -0.2) is 5.84 Å². The first-order valence-electron chi connectivity index (χ1n) is 5.31. The molecule has 0 saturated heterocycles. The number of nitrogens with two attached hydrogens (primary N) is 1. The van der Waals surface area contributed by atoms with Crippen molar-refractivity contribution in [2.75, 3.05) is 0 Å². The fourth-order valence-electron chi connectivity index (χ4n) is 1.57. The van der Waals surface area contributed by atoms with Crippen molar-refractivity contribution in [3.8, 4) is 11.3 Å². The summed E-state index contributed by atoms with van der Waals surface area (Å²) in [5, 5.41) is 0. The molecule has 8 heteroatoms. The first-order valence-corrected chi connectivity index (χ1v) is 6.10. The number of amides is 1. The van der Waals surface area contributed by atoms with Gasteiger partial charge < -0.3 is 4.42 Å². The zero-order chi connectivity index (χ0) is 14.9. The van der Waals surface area contributed by atoms with E-state index in [4.69, 9.17) is 10.3 Å². The Labute approximate surface area is 119 Å². The van der Waals surface area contributed by atoms with Gasteiger partial charge in [-0.3, -0.25) is 10.2 Å². The molecule has 1 amide bonds. The maximum atomic E-state index is 12.7. The highest BCUT2D eigenvalue weighted by Gasteiger charge is 2.31. The first-order chi connectivity index (χ1) is 9.32. The third-order valence-corrected chi connectivity index (χ3v) is 3.21. The highest BCUT2D eigenvalue weighted by atomic mass is 79.9. The molecular formula is C12H8BrF3N2O2. The van der Waals surface area contributed by atoms with Crippen molar-refractivity contribution in [3.05, 3.63) is 46.1 Å². The zero-order valence-corrected chi connectivity index (χ0v) is 11.4. The number of halogens is 4. The number of hydrogen-bond acceptors (Lipinski definition) is 3. The Hall–Kier alpha value is -1.80. The summed E-state index contributed by atoms with van der Waals surface area (Å²) in [6, 6.07) is 5.87. The number of carbonyl (C=O) groups excluding carboxylic acids is 1. The third kappa shape index (κ3) is 2.86. The number of alkyl halides is 3. The molecule has 0 saturated carbocycles. The number of carbonyl (C=O) groups is 1. The van der Waals surface area contributed by atoms with Crippen LogP contribution >= 0.6 is 15.9 Å². The second-order valence-corrected chi connectivity index (χ2v) is 4.68. The third-order valence-electron chi connectivity index (χ3n) is 2.52. The molecule has 0 fully saturated rings. The first kappa shape index (κ1) is 14.6. The molecule has 1 aromatic carbocycles. The van der Waals surface area contributed by atoms with Gasteiger partial charge in [0.1, 0.15) is 5.76 Å². The minimum absolute atomic E-state index is 0.0909. The molecule has 106 valence electrons. The van der Waals surface area contributed by atoms with Crippen LogP contribution in [0.15, 0.2) is 39.2 Å². The number of hydrazine groups is 1. The SMILES string of the molecule is NNC(=O)c1ccc(-c2cc(C(F)(F)F)ccc2Br)o1. The number of rotatable bonds is 2. The molecule has 0 atom stereocenters. The lowest BCUT2D eigenvalue weighted by Crippen LogP contribution is -2.29. The Kier molecular flexibility index (Phi) is 3.87. The summed E-state index contributed by atoms with van der Waals surface area (Å²) in [6.07, 6.45) is -4.46. The quantitative estimate of drug-likeness (QED) is 0.497. The smallest absolute Gasteiger partial charge is 0.416 e. The van der Waals surface area contributed by atoms with Crippen LogP contribution in [0.3, 0.4) is 0 Å². The molecule has 0 spiro atoms. The predicted molar refractivity (Wildman–Crippen MR) is 68.5 cm³/mol. The van der Waals surface area contributed by atoms with Gasteiger partial charge >= 0.3 is 12.1 Å². The highest BCUT2D eigenvalue weighted by molar-refractivity contribution is 9.10. The highest BCUT2D eigenvalue weighted by Crippen LogP contribution is 2.36. The van der Waals surface area contributed by atoms with Crippen LogP contribution in [0, 0.1) is 0 Å². The fourth-order valence-corrected chi connectivity index (χ4v) is 2.01. The van der Waals surface area contributed by atoms with Crippen molar-refractivity contribution in [3.63, 3.8) is 0 Å². The van der Waals surface area contributed by atoms with Crippen LogP contribution in [0.1, 0.15) is 16.1 Å². The van der Waals surface area contributed by atoms with E-state index in [-0.39, 0.29) is 17.1 Å². The van der Waals surface area contributed by atoms with E-state index in [1.54, 1.807) is 0 Å². The monoisotopic (exact) mass is 348 g/mol. The lowest BCUT2D eigenvalue weighted by Gasteiger charge is -2.09. The van der Waals surface area contributed by atoms with Crippen LogP contribution in [0.2, 0.25) is 0 Å². The van der Waals surface area contributed by atoms with Crippen LogP contribution in [0.4, 0.5) is 13.2 Å². The van der Waals surface area contributed by atoms with E-state index in [2.05, 4.69) is 15.9 Å². The zero-order valence-electron chi connectivity index (χ0n) is 9.79. The van der Waals surface area contributed by atoms with E-state index in [1.807, 2.05) is 5.43 Å². The Balaban J connectivity index is 2.47. The lowest BCUT2D eigenvalue weighted by molar-refractivity contribution is -0.137. The Bertz CT molecular complexity index is 652. The molecule has 0 aliphatic carbocycles. The topological polar surface area (TPSA) is 68.3 Å². The normalized spacial score (nSPS) is 11.4. The standard InChI is InChI=1S/C12H8BrF3N2O2/c13-8-2-1-6(12(14,15)16)5-7(8)9-3-4-10(20-9)11(19)18-17/h1-5H,17H2,(H,18,19). The van der Waals surface area contributed by atoms with Gasteiger partial charge in [-0.05, 0) is 30.3 Å². The molecule has 0 aliphatic heterocycles. The van der Waals surface area contributed by atoms with Gasteiger partial charge in [0.15, 0.2) is 5.76 Å². The number of nitrogen functional groups attached to an aromatic ring is 1. The summed E-state index contributed by atoms with van der Waals surface area (Å²) in [5.41, 5.74) is 1.25. The van der Waals surface area contributed by atoms with E-state index >= 15 is 0 Å². The predicted octanol–water partition coefficient (Wildman–Crippen LogP) is 3.33. The van der Waals surface area contributed by atoms with Gasteiger partial charge in [-0.15, -0.1) is 0 Å². The molecule has 2 rings (SSSR count). The average molecular weight is 349 g/mol. The summed E-state index contributed by atoms with van der Waals surface area (Å²) in [6.45, 7) is 0. The largest absolute Gasteiger partial charge is 0.451 e. The van der Waals surface area contributed by atoms with E-state index in [0.717, 1.165) is 12.1 Å². The van der Waals surface area contributed by atoms with Gasteiger partial charge in [-0.2, -0.15) is 13.2 Å². The van der Waals surface area contributed by atoms with Crippen molar-refractivity contribution in [2.45, 2.75) is 6.18 Å². The number of hydrogen-bond donors (Lipinski definition) is 2. The fraction of sp³-hybridized carbons (Fsp3) is 0.0833. The summed E-state index contributed by atoms with van der Waals surface area (Å²) in [4.78, 5) is 11.2. The molecule has 2 aromatic rings. The molecule has 0 radical (unpaired) electrons. The Morgan fingerprint density at radius 3 is 2.55 bits per heavy atom. The van der Waals surface area contributed by atoms with Crippen molar-refractivity contribution in [1.29, 1.82) is 0 Å². The molecule has 3 N–H and O–H groups in total. The summed E-state index contributed by atoms with van der Waals surface area (Å²) < 4.78 is 43.6. The van der Waals surface area contributed by atoms with Crippen LogP contribution in [-0.2, 0) is 6.18 Å². The van der Waals surface area contributed by atoms with E-state index in [1.165, 1.54) is 18.2 Å². The molecule has 1 aromatic heterocycles. The van der Waals surface area contributed by atoms with E-state index in [0.29, 0.717) is 4.47 Å². The van der Waals surface area contributed by atoms with Crippen LogP contribution in [0.25, 0.3) is 11.3 Å². The van der Waals surface area contributed by atoms with Crippen LogP contribution in [-0.4, -0.2) is 5.91 Å². The van der Waals surface area contributed by atoms with Crippen LogP contribution < -0.4 is 11.3 Å². The van der Waals surface area contributed by atoms with Crippen molar-refractivity contribution in [2.24, 2.45) is 5.84 Å². The summed E-state index contributed by atoms with van der Waals surface area (Å²) >= 11 is 3.14. The van der Waals surface area contributed by atoms with Gasteiger partial charge in [0.25, 0.3) is 0 Å². The van der Waals surface area contributed by atoms with Crippen LogP contribution in [0.5, 0.6) is 0 Å². The maximum Gasteiger partial charge on any atom is 0.416 e. The average Bonchev–Trinajstić information content (AvgIpc) is 2.86.